The molecular formula is C13H13FN2O2S. The van der Waals surface area contributed by atoms with E-state index in [9.17, 15) is 9.18 Å². The molecule has 0 atom stereocenters. The first-order valence-corrected chi connectivity index (χ1v) is 6.53. The molecule has 6 heteroatoms. The number of rotatable bonds is 5. The maximum atomic E-state index is 13.4. The van der Waals surface area contributed by atoms with E-state index in [0.29, 0.717) is 29.2 Å². The summed E-state index contributed by atoms with van der Waals surface area (Å²) in [4.78, 5) is 11.1. The molecule has 1 aromatic heterocycles. The van der Waals surface area contributed by atoms with E-state index in [0.717, 1.165) is 11.5 Å². The van der Waals surface area contributed by atoms with Gasteiger partial charge in [-0.1, -0.05) is 18.2 Å². The lowest BCUT2D eigenvalue weighted by Crippen LogP contribution is -2.08. The van der Waals surface area contributed by atoms with Gasteiger partial charge < -0.3 is 10.4 Å². The molecule has 0 amide bonds. The largest absolute Gasteiger partial charge is 0.478 e. The Labute approximate surface area is 114 Å². The molecule has 2 rings (SSSR count). The van der Waals surface area contributed by atoms with E-state index in [4.69, 9.17) is 5.11 Å². The minimum atomic E-state index is -1.00. The SMILES string of the molecule is Cc1nsc(NCCc2ccccc2F)c1C(=O)O. The predicted molar refractivity (Wildman–Crippen MR) is 72.4 cm³/mol. The van der Waals surface area contributed by atoms with Gasteiger partial charge >= 0.3 is 5.97 Å². The Hall–Kier alpha value is -1.95. The maximum absolute atomic E-state index is 13.4. The molecule has 1 heterocycles. The number of aryl methyl sites for hydroxylation is 1. The number of aromatic carboxylic acids is 1. The van der Waals surface area contributed by atoms with Crippen molar-refractivity contribution in [3.05, 3.63) is 46.9 Å². The third-order valence-electron chi connectivity index (χ3n) is 2.71. The Morgan fingerprint density at radius 2 is 2.21 bits per heavy atom. The number of anilines is 1. The molecule has 0 aliphatic rings. The summed E-state index contributed by atoms with van der Waals surface area (Å²) in [6.45, 7) is 2.12. The number of hydrogen-bond acceptors (Lipinski definition) is 4. The molecule has 19 heavy (non-hydrogen) atoms. The summed E-state index contributed by atoms with van der Waals surface area (Å²) >= 11 is 1.11. The number of aromatic nitrogens is 1. The normalized spacial score (nSPS) is 10.4. The zero-order chi connectivity index (χ0) is 13.8. The lowest BCUT2D eigenvalue weighted by Gasteiger charge is -2.05. The molecule has 100 valence electrons. The van der Waals surface area contributed by atoms with Gasteiger partial charge in [0.15, 0.2) is 0 Å². The average molecular weight is 280 g/mol. The molecule has 0 saturated heterocycles. The highest BCUT2D eigenvalue weighted by Gasteiger charge is 2.16. The Morgan fingerprint density at radius 3 is 2.89 bits per heavy atom. The Morgan fingerprint density at radius 1 is 1.47 bits per heavy atom. The van der Waals surface area contributed by atoms with Gasteiger partial charge in [0.1, 0.15) is 16.4 Å². The van der Waals surface area contributed by atoms with Crippen LogP contribution in [-0.4, -0.2) is 22.0 Å². The topological polar surface area (TPSA) is 62.2 Å². The fraction of sp³-hybridized carbons (Fsp3) is 0.231. The van der Waals surface area contributed by atoms with Crippen molar-refractivity contribution in [2.45, 2.75) is 13.3 Å². The first kappa shape index (κ1) is 13.5. The molecule has 0 aliphatic heterocycles. The van der Waals surface area contributed by atoms with Crippen LogP contribution >= 0.6 is 11.5 Å². The van der Waals surface area contributed by atoms with E-state index in [1.54, 1.807) is 25.1 Å². The lowest BCUT2D eigenvalue weighted by molar-refractivity contribution is 0.0697. The minimum absolute atomic E-state index is 0.193. The van der Waals surface area contributed by atoms with Gasteiger partial charge in [-0.05, 0) is 36.5 Å². The molecule has 0 bridgehead atoms. The molecule has 4 nitrogen and oxygen atoms in total. The van der Waals surface area contributed by atoms with Crippen molar-refractivity contribution in [3.63, 3.8) is 0 Å². The van der Waals surface area contributed by atoms with E-state index < -0.39 is 5.97 Å². The van der Waals surface area contributed by atoms with Gasteiger partial charge in [-0.15, -0.1) is 0 Å². The molecular weight excluding hydrogens is 267 g/mol. The summed E-state index contributed by atoms with van der Waals surface area (Å²) in [5, 5.41) is 12.6. The molecule has 0 aliphatic carbocycles. The highest BCUT2D eigenvalue weighted by atomic mass is 32.1. The molecule has 0 unspecified atom stereocenters. The summed E-state index contributed by atoms with van der Waals surface area (Å²) in [5.74, 6) is -1.25. The Bertz CT molecular complexity index is 598. The number of nitrogens with one attached hydrogen (secondary N) is 1. The van der Waals surface area contributed by atoms with E-state index in [2.05, 4.69) is 9.69 Å². The fourth-order valence-corrected chi connectivity index (χ4v) is 2.57. The molecule has 1 aromatic carbocycles. The van der Waals surface area contributed by atoms with Crippen LogP contribution in [0, 0.1) is 12.7 Å². The van der Waals surface area contributed by atoms with Gasteiger partial charge in [0.05, 0.1) is 5.69 Å². The number of halogens is 1. The van der Waals surface area contributed by atoms with Gasteiger partial charge in [0.2, 0.25) is 0 Å². The molecule has 0 fully saturated rings. The van der Waals surface area contributed by atoms with Crippen LogP contribution in [-0.2, 0) is 6.42 Å². The molecule has 0 spiro atoms. The van der Waals surface area contributed by atoms with Gasteiger partial charge in [-0.2, -0.15) is 4.37 Å². The van der Waals surface area contributed by atoms with Gasteiger partial charge in [0, 0.05) is 6.54 Å². The van der Waals surface area contributed by atoms with E-state index in [-0.39, 0.29) is 11.4 Å². The highest BCUT2D eigenvalue weighted by Crippen LogP contribution is 2.24. The van der Waals surface area contributed by atoms with Crippen molar-refractivity contribution >= 4 is 22.5 Å². The van der Waals surface area contributed by atoms with Crippen LogP contribution in [0.4, 0.5) is 9.39 Å². The van der Waals surface area contributed by atoms with E-state index >= 15 is 0 Å². The summed E-state index contributed by atoms with van der Waals surface area (Å²) in [7, 11) is 0. The first-order chi connectivity index (χ1) is 9.09. The van der Waals surface area contributed by atoms with Crippen molar-refractivity contribution in [3.8, 4) is 0 Å². The van der Waals surface area contributed by atoms with Crippen LogP contribution in [0.3, 0.4) is 0 Å². The van der Waals surface area contributed by atoms with Crippen LogP contribution < -0.4 is 5.32 Å². The van der Waals surface area contributed by atoms with Crippen LogP contribution in [0.5, 0.6) is 0 Å². The number of carboxylic acid groups (broad SMARTS) is 1. The zero-order valence-corrected chi connectivity index (χ0v) is 11.1. The van der Waals surface area contributed by atoms with Crippen molar-refractivity contribution < 1.29 is 14.3 Å². The average Bonchev–Trinajstić information content (AvgIpc) is 2.73. The van der Waals surface area contributed by atoms with Crippen LogP contribution in [0.2, 0.25) is 0 Å². The third kappa shape index (κ3) is 3.08. The number of benzene rings is 1. The summed E-state index contributed by atoms with van der Waals surface area (Å²) in [6.07, 6.45) is 0.489. The standard InChI is InChI=1S/C13H13FN2O2S/c1-8-11(13(17)18)12(19-16-8)15-7-6-9-4-2-3-5-10(9)14/h2-5,15H,6-7H2,1H3,(H,17,18). The van der Waals surface area contributed by atoms with E-state index in [1.165, 1.54) is 6.07 Å². The third-order valence-corrected chi connectivity index (χ3v) is 3.61. The van der Waals surface area contributed by atoms with Crippen molar-refractivity contribution in [1.82, 2.24) is 4.37 Å². The number of nitrogens with zero attached hydrogens (tertiary/aromatic N) is 1. The predicted octanol–water partition coefficient (Wildman–Crippen LogP) is 2.94. The first-order valence-electron chi connectivity index (χ1n) is 5.76. The second kappa shape index (κ2) is 5.79. The van der Waals surface area contributed by atoms with Crippen LogP contribution in [0.25, 0.3) is 0 Å². The van der Waals surface area contributed by atoms with Crippen LogP contribution in [0.1, 0.15) is 21.6 Å². The van der Waals surface area contributed by atoms with Gasteiger partial charge in [-0.25, -0.2) is 9.18 Å². The number of carboxylic acids is 1. The molecule has 0 radical (unpaired) electrons. The molecule has 2 N–H and O–H groups in total. The van der Waals surface area contributed by atoms with Crippen molar-refractivity contribution in [2.24, 2.45) is 0 Å². The van der Waals surface area contributed by atoms with Crippen molar-refractivity contribution in [2.75, 3.05) is 11.9 Å². The highest BCUT2D eigenvalue weighted by molar-refractivity contribution is 7.10. The van der Waals surface area contributed by atoms with E-state index in [1.807, 2.05) is 0 Å². The molecule has 2 aromatic rings. The fourth-order valence-electron chi connectivity index (χ4n) is 1.75. The number of carbonyl (C=O) groups is 1. The summed E-state index contributed by atoms with van der Waals surface area (Å²) in [5.41, 5.74) is 1.29. The summed E-state index contributed by atoms with van der Waals surface area (Å²) in [6, 6.07) is 6.54. The second-order valence-corrected chi connectivity index (χ2v) is 4.82. The monoisotopic (exact) mass is 280 g/mol. The minimum Gasteiger partial charge on any atom is -0.478 e. The quantitative estimate of drug-likeness (QED) is 0.884. The smallest absolute Gasteiger partial charge is 0.340 e. The van der Waals surface area contributed by atoms with Crippen molar-refractivity contribution in [1.29, 1.82) is 0 Å². The Kier molecular flexibility index (Phi) is 4.11. The maximum Gasteiger partial charge on any atom is 0.340 e. The van der Waals surface area contributed by atoms with Gasteiger partial charge in [-0.3, -0.25) is 0 Å². The van der Waals surface area contributed by atoms with Crippen LogP contribution in [0.15, 0.2) is 24.3 Å². The molecule has 0 saturated carbocycles. The second-order valence-electron chi connectivity index (χ2n) is 4.05. The number of hydrogen-bond donors (Lipinski definition) is 2. The lowest BCUT2D eigenvalue weighted by atomic mass is 10.1. The Balaban J connectivity index is 2.00. The van der Waals surface area contributed by atoms with Gasteiger partial charge in [0.25, 0.3) is 0 Å². The zero-order valence-electron chi connectivity index (χ0n) is 10.3. The summed E-state index contributed by atoms with van der Waals surface area (Å²) < 4.78 is 17.4.